The minimum atomic E-state index is -1.72. The third-order valence-electron chi connectivity index (χ3n) is 5.38. The summed E-state index contributed by atoms with van der Waals surface area (Å²) in [5.41, 5.74) is -0.187. The highest BCUT2D eigenvalue weighted by Crippen LogP contribution is 2.40. The molecule has 0 spiro atoms. The molecule has 0 saturated carbocycles. The maximum atomic E-state index is 13.2. The summed E-state index contributed by atoms with van der Waals surface area (Å²) >= 11 is 0. The van der Waals surface area contributed by atoms with Gasteiger partial charge in [-0.25, -0.2) is 0 Å². The lowest BCUT2D eigenvalue weighted by Crippen LogP contribution is -2.60. The van der Waals surface area contributed by atoms with Crippen LogP contribution in [-0.4, -0.2) is 79.5 Å². The fourth-order valence-electron chi connectivity index (χ4n) is 3.85. The van der Waals surface area contributed by atoms with Crippen LogP contribution in [0, 0.1) is 6.92 Å². The number of fused-ring (bicyclic) bond motifs is 2. The molecule has 1 heterocycles. The van der Waals surface area contributed by atoms with E-state index in [1.54, 1.807) is 6.92 Å². The molecule has 1 aliphatic heterocycles. The van der Waals surface area contributed by atoms with Crippen molar-refractivity contribution in [1.29, 1.82) is 0 Å². The third kappa shape index (κ3) is 3.34. The summed E-state index contributed by atoms with van der Waals surface area (Å²) in [5, 5.41) is 59.4. The van der Waals surface area contributed by atoms with Gasteiger partial charge >= 0.3 is 0 Å². The van der Waals surface area contributed by atoms with Crippen molar-refractivity contribution >= 4 is 11.6 Å². The Kier molecular flexibility index (Phi) is 5.20. The Bertz CT molecular complexity index is 1080. The first-order chi connectivity index (χ1) is 14.6. The van der Waals surface area contributed by atoms with Crippen molar-refractivity contribution in [3.05, 3.63) is 52.1 Å². The fourth-order valence-corrected chi connectivity index (χ4v) is 3.85. The molecule has 2 aromatic carbocycles. The number of hydrogen-bond acceptors (Lipinski definition) is 10. The molecule has 10 nitrogen and oxygen atoms in total. The molecule has 0 bridgehead atoms. The SMILES string of the molecule is Cc1cc(O[C@H]2O[C@H](CO)[C@@H](O)[C@H](O)[C@H]2O)c2c(c1)C(=O)c1cc(O)cc(O)c1C2=O. The summed E-state index contributed by atoms with van der Waals surface area (Å²) in [6.45, 7) is 0.965. The van der Waals surface area contributed by atoms with Crippen LogP contribution in [-0.2, 0) is 4.74 Å². The zero-order chi connectivity index (χ0) is 22.6. The Morgan fingerprint density at radius 1 is 0.903 bits per heavy atom. The maximum absolute atomic E-state index is 13.2. The topological polar surface area (TPSA) is 174 Å². The van der Waals surface area contributed by atoms with Crippen molar-refractivity contribution in [2.24, 2.45) is 0 Å². The van der Waals surface area contributed by atoms with E-state index in [0.717, 1.165) is 12.1 Å². The van der Waals surface area contributed by atoms with Gasteiger partial charge in [0.25, 0.3) is 0 Å². The number of ketones is 2. The van der Waals surface area contributed by atoms with Gasteiger partial charge in [0.05, 0.1) is 17.7 Å². The number of ether oxygens (including phenoxy) is 2. The Balaban J connectivity index is 1.79. The molecule has 1 fully saturated rings. The van der Waals surface area contributed by atoms with Gasteiger partial charge in [-0.15, -0.1) is 0 Å². The number of carbonyl (C=O) groups is 2. The van der Waals surface area contributed by atoms with Crippen LogP contribution in [0.5, 0.6) is 17.2 Å². The molecule has 4 rings (SSSR count). The van der Waals surface area contributed by atoms with Gasteiger partial charge in [-0.3, -0.25) is 9.59 Å². The molecule has 0 radical (unpaired) electrons. The lowest BCUT2D eigenvalue weighted by Gasteiger charge is -2.39. The van der Waals surface area contributed by atoms with Crippen molar-refractivity contribution < 1.29 is 49.7 Å². The molecule has 10 heteroatoms. The zero-order valence-corrected chi connectivity index (χ0v) is 16.2. The van der Waals surface area contributed by atoms with E-state index in [-0.39, 0.29) is 33.8 Å². The molecule has 164 valence electrons. The summed E-state index contributed by atoms with van der Waals surface area (Å²) < 4.78 is 11.0. The van der Waals surface area contributed by atoms with E-state index in [9.17, 15) is 40.2 Å². The van der Waals surface area contributed by atoms with Crippen molar-refractivity contribution in [2.45, 2.75) is 37.6 Å². The van der Waals surface area contributed by atoms with Crippen LogP contribution in [0.25, 0.3) is 0 Å². The average molecular weight is 432 g/mol. The van der Waals surface area contributed by atoms with Crippen LogP contribution >= 0.6 is 0 Å². The lowest BCUT2D eigenvalue weighted by molar-refractivity contribution is -0.277. The number of aryl methyl sites for hydroxylation is 1. The summed E-state index contributed by atoms with van der Waals surface area (Å²) in [7, 11) is 0. The van der Waals surface area contributed by atoms with Crippen LogP contribution in [0.4, 0.5) is 0 Å². The second-order valence-electron chi connectivity index (χ2n) is 7.55. The predicted molar refractivity (Wildman–Crippen MR) is 102 cm³/mol. The van der Waals surface area contributed by atoms with Crippen molar-refractivity contribution in [3.8, 4) is 17.2 Å². The van der Waals surface area contributed by atoms with E-state index in [0.29, 0.717) is 5.56 Å². The minimum Gasteiger partial charge on any atom is -0.508 e. The molecular formula is C21H20O10. The standard InChI is InChI=1S/C21H20O10/c1-7-2-9-15(18(27)14-10(16(9)25)4-8(23)5-11(14)24)12(3-7)30-21-20(29)19(28)17(26)13(6-22)31-21/h2-5,13,17,19-24,26,28-29H,6H2,1H3/t13-,17-,19+,20-,21+/m1/s1. The Morgan fingerprint density at radius 2 is 1.58 bits per heavy atom. The Labute approximate surface area is 175 Å². The van der Waals surface area contributed by atoms with Gasteiger partial charge in [0.1, 0.15) is 41.7 Å². The molecule has 5 atom stereocenters. The largest absolute Gasteiger partial charge is 0.508 e. The highest BCUT2D eigenvalue weighted by molar-refractivity contribution is 6.30. The first-order valence-electron chi connectivity index (χ1n) is 9.41. The maximum Gasteiger partial charge on any atom is 0.229 e. The fraction of sp³-hybridized carbons (Fsp3) is 0.333. The number of phenols is 2. The van der Waals surface area contributed by atoms with Crippen molar-refractivity contribution in [1.82, 2.24) is 0 Å². The Morgan fingerprint density at radius 3 is 2.26 bits per heavy atom. The molecular weight excluding hydrogens is 412 g/mol. The first kappa shape index (κ1) is 21.2. The normalized spacial score (nSPS) is 27.6. The van der Waals surface area contributed by atoms with Crippen molar-refractivity contribution in [3.63, 3.8) is 0 Å². The number of phenolic OH excluding ortho intramolecular Hbond substituents is 2. The number of hydrogen-bond donors (Lipinski definition) is 6. The number of aliphatic hydroxyl groups is 4. The van der Waals surface area contributed by atoms with Crippen LogP contribution in [0.1, 0.15) is 37.4 Å². The average Bonchev–Trinajstić information content (AvgIpc) is 2.71. The lowest BCUT2D eigenvalue weighted by atomic mass is 9.82. The van der Waals surface area contributed by atoms with E-state index in [2.05, 4.69) is 0 Å². The van der Waals surface area contributed by atoms with Crippen LogP contribution in [0.2, 0.25) is 0 Å². The smallest absolute Gasteiger partial charge is 0.229 e. The van der Waals surface area contributed by atoms with Gasteiger partial charge in [-0.05, 0) is 30.7 Å². The van der Waals surface area contributed by atoms with E-state index >= 15 is 0 Å². The third-order valence-corrected chi connectivity index (χ3v) is 5.38. The predicted octanol–water partition coefficient (Wildman–Crippen LogP) is -0.640. The van der Waals surface area contributed by atoms with Gasteiger partial charge < -0.3 is 40.1 Å². The molecule has 2 aliphatic rings. The van der Waals surface area contributed by atoms with E-state index < -0.39 is 54.6 Å². The monoisotopic (exact) mass is 432 g/mol. The summed E-state index contributed by atoms with van der Waals surface area (Å²) in [5.74, 6) is -2.50. The highest BCUT2D eigenvalue weighted by atomic mass is 16.7. The second-order valence-corrected chi connectivity index (χ2v) is 7.55. The summed E-state index contributed by atoms with van der Waals surface area (Å²) in [4.78, 5) is 26.2. The van der Waals surface area contributed by atoms with Crippen LogP contribution in [0.15, 0.2) is 24.3 Å². The molecule has 1 saturated heterocycles. The number of rotatable bonds is 3. The molecule has 1 aliphatic carbocycles. The molecule has 0 aromatic heterocycles. The van der Waals surface area contributed by atoms with Crippen molar-refractivity contribution in [2.75, 3.05) is 6.61 Å². The number of aliphatic hydroxyl groups excluding tert-OH is 4. The van der Waals surface area contributed by atoms with Gasteiger partial charge in [0.2, 0.25) is 12.1 Å². The van der Waals surface area contributed by atoms with Gasteiger partial charge in [0.15, 0.2) is 5.78 Å². The molecule has 0 unspecified atom stereocenters. The molecule has 6 N–H and O–H groups in total. The van der Waals surface area contributed by atoms with Crippen LogP contribution in [0.3, 0.4) is 0 Å². The highest BCUT2D eigenvalue weighted by Gasteiger charge is 2.45. The zero-order valence-electron chi connectivity index (χ0n) is 16.2. The summed E-state index contributed by atoms with van der Waals surface area (Å²) in [6, 6.07) is 4.87. The molecule has 31 heavy (non-hydrogen) atoms. The van der Waals surface area contributed by atoms with Crippen LogP contribution < -0.4 is 4.74 Å². The van der Waals surface area contributed by atoms with Gasteiger partial charge in [-0.2, -0.15) is 0 Å². The van der Waals surface area contributed by atoms with E-state index in [1.165, 1.54) is 12.1 Å². The number of aromatic hydroxyl groups is 2. The van der Waals surface area contributed by atoms with Gasteiger partial charge in [-0.1, -0.05) is 0 Å². The number of carbonyl (C=O) groups excluding carboxylic acids is 2. The van der Waals surface area contributed by atoms with E-state index in [1.807, 2.05) is 0 Å². The molecule has 2 aromatic rings. The first-order valence-corrected chi connectivity index (χ1v) is 9.41. The minimum absolute atomic E-state index is 0.0397. The quantitative estimate of drug-likeness (QED) is 0.312. The molecule has 0 amide bonds. The number of benzene rings is 2. The summed E-state index contributed by atoms with van der Waals surface area (Å²) in [6.07, 6.45) is -7.80. The Hall–Kier alpha value is -3.02. The van der Waals surface area contributed by atoms with E-state index in [4.69, 9.17) is 9.47 Å². The second kappa shape index (κ2) is 7.59. The van der Waals surface area contributed by atoms with Gasteiger partial charge in [0, 0.05) is 17.2 Å².